The summed E-state index contributed by atoms with van der Waals surface area (Å²) in [5.41, 5.74) is 1.90. The van der Waals surface area contributed by atoms with Gasteiger partial charge in [0.2, 0.25) is 11.8 Å². The van der Waals surface area contributed by atoms with E-state index in [1.54, 1.807) is 0 Å². The predicted molar refractivity (Wildman–Crippen MR) is 106 cm³/mol. The van der Waals surface area contributed by atoms with E-state index < -0.39 is 12.0 Å². The van der Waals surface area contributed by atoms with Crippen molar-refractivity contribution < 1.29 is 19.1 Å². The fraction of sp³-hybridized carbons (Fsp3) is 0.318. The van der Waals surface area contributed by atoms with Gasteiger partial charge in [0.05, 0.1) is 13.2 Å². The van der Waals surface area contributed by atoms with Crippen molar-refractivity contribution in [2.75, 3.05) is 7.11 Å². The van der Waals surface area contributed by atoms with E-state index in [2.05, 4.69) is 10.6 Å². The first kappa shape index (κ1) is 21.2. The van der Waals surface area contributed by atoms with Gasteiger partial charge in [-0.3, -0.25) is 9.59 Å². The van der Waals surface area contributed by atoms with Crippen molar-refractivity contribution in [1.29, 1.82) is 0 Å². The Bertz CT molecular complexity index is 778. The van der Waals surface area contributed by atoms with Crippen molar-refractivity contribution in [3.05, 3.63) is 71.8 Å². The number of hydrogen-bond donors (Lipinski definition) is 2. The van der Waals surface area contributed by atoms with Gasteiger partial charge in [0.1, 0.15) is 6.04 Å². The summed E-state index contributed by atoms with van der Waals surface area (Å²) in [7, 11) is 1.28. The Hall–Kier alpha value is -3.15. The first-order valence-electron chi connectivity index (χ1n) is 9.25. The smallest absolute Gasteiger partial charge is 0.328 e. The molecule has 0 fully saturated rings. The lowest BCUT2D eigenvalue weighted by Gasteiger charge is -2.17. The SMILES string of the molecule is COC(=O)[C@H](Cc1ccccc1)NC(=O)CCC(=O)N[C@H](C)c1ccccc1. The molecule has 0 radical (unpaired) electrons. The van der Waals surface area contributed by atoms with E-state index in [-0.39, 0.29) is 30.7 Å². The molecule has 0 aliphatic rings. The standard InChI is InChI=1S/C22H26N2O4/c1-16(18-11-7-4-8-12-18)23-20(25)13-14-21(26)24-19(22(27)28-2)15-17-9-5-3-6-10-17/h3-12,16,19H,13-15H2,1-2H3,(H,23,25)(H,24,26)/t16-,19+/m1/s1. The number of methoxy groups -OCH3 is 1. The summed E-state index contributed by atoms with van der Waals surface area (Å²) in [6.07, 6.45) is 0.369. The van der Waals surface area contributed by atoms with Crippen molar-refractivity contribution in [3.63, 3.8) is 0 Å². The number of nitrogens with one attached hydrogen (secondary N) is 2. The average molecular weight is 382 g/mol. The molecule has 148 valence electrons. The lowest BCUT2D eigenvalue weighted by atomic mass is 10.1. The molecule has 2 amide bonds. The second kappa shape index (κ2) is 10.9. The van der Waals surface area contributed by atoms with Crippen LogP contribution in [0.25, 0.3) is 0 Å². The molecule has 0 heterocycles. The molecule has 6 heteroatoms. The molecule has 0 spiro atoms. The number of carbonyl (C=O) groups is 3. The highest BCUT2D eigenvalue weighted by Gasteiger charge is 2.22. The van der Waals surface area contributed by atoms with Crippen LogP contribution in [-0.4, -0.2) is 30.9 Å². The molecule has 6 nitrogen and oxygen atoms in total. The van der Waals surface area contributed by atoms with Gasteiger partial charge in [-0.1, -0.05) is 60.7 Å². The molecule has 0 saturated carbocycles. The zero-order chi connectivity index (χ0) is 20.4. The fourth-order valence-corrected chi connectivity index (χ4v) is 2.82. The maximum Gasteiger partial charge on any atom is 0.328 e. The predicted octanol–water partition coefficient (Wildman–Crippen LogP) is 2.54. The number of rotatable bonds is 9. The first-order chi connectivity index (χ1) is 13.5. The zero-order valence-corrected chi connectivity index (χ0v) is 16.2. The van der Waals surface area contributed by atoms with Crippen LogP contribution in [0.3, 0.4) is 0 Å². The minimum atomic E-state index is -0.786. The Morgan fingerprint density at radius 2 is 1.39 bits per heavy atom. The van der Waals surface area contributed by atoms with Gasteiger partial charge < -0.3 is 15.4 Å². The second-order valence-corrected chi connectivity index (χ2v) is 6.53. The molecule has 2 N–H and O–H groups in total. The van der Waals surface area contributed by atoms with E-state index >= 15 is 0 Å². The van der Waals surface area contributed by atoms with E-state index in [0.29, 0.717) is 6.42 Å². The molecule has 0 aliphatic heterocycles. The first-order valence-corrected chi connectivity index (χ1v) is 9.25. The van der Waals surface area contributed by atoms with Crippen molar-refractivity contribution in [2.24, 2.45) is 0 Å². The van der Waals surface area contributed by atoms with Gasteiger partial charge in [-0.05, 0) is 18.1 Å². The minimum absolute atomic E-state index is 0.00434. The minimum Gasteiger partial charge on any atom is -0.467 e. The van der Waals surface area contributed by atoms with Crippen molar-refractivity contribution >= 4 is 17.8 Å². The van der Waals surface area contributed by atoms with Crippen LogP contribution in [0.4, 0.5) is 0 Å². The maximum atomic E-state index is 12.2. The van der Waals surface area contributed by atoms with E-state index in [4.69, 9.17) is 4.74 Å². The van der Waals surface area contributed by atoms with Crippen LogP contribution in [0.15, 0.2) is 60.7 Å². The third kappa shape index (κ3) is 6.87. The summed E-state index contributed by atoms with van der Waals surface area (Å²) in [5.74, 6) is -1.10. The van der Waals surface area contributed by atoms with Crippen LogP contribution in [0.5, 0.6) is 0 Å². The Morgan fingerprint density at radius 3 is 1.96 bits per heavy atom. The molecule has 2 aromatic carbocycles. The average Bonchev–Trinajstić information content (AvgIpc) is 2.72. The Kier molecular flexibility index (Phi) is 8.21. The lowest BCUT2D eigenvalue weighted by molar-refractivity contribution is -0.145. The Morgan fingerprint density at radius 1 is 0.857 bits per heavy atom. The van der Waals surface area contributed by atoms with Crippen LogP contribution in [-0.2, 0) is 25.5 Å². The summed E-state index contributed by atoms with van der Waals surface area (Å²) in [5, 5.41) is 5.53. The van der Waals surface area contributed by atoms with Gasteiger partial charge in [0.15, 0.2) is 0 Å². The molecule has 2 atom stereocenters. The Balaban J connectivity index is 1.83. The van der Waals surface area contributed by atoms with Gasteiger partial charge in [-0.15, -0.1) is 0 Å². The third-order valence-corrected chi connectivity index (χ3v) is 4.36. The highest BCUT2D eigenvalue weighted by molar-refractivity contribution is 5.87. The quantitative estimate of drug-likeness (QED) is 0.653. The monoisotopic (exact) mass is 382 g/mol. The second-order valence-electron chi connectivity index (χ2n) is 6.53. The summed E-state index contributed by atoms with van der Waals surface area (Å²) in [6, 6.07) is 18.0. The molecule has 0 bridgehead atoms. The number of esters is 1. The highest BCUT2D eigenvalue weighted by atomic mass is 16.5. The van der Waals surface area contributed by atoms with Gasteiger partial charge in [0.25, 0.3) is 0 Å². The molecule has 0 aromatic heterocycles. The summed E-state index contributed by atoms with van der Waals surface area (Å²) < 4.78 is 4.78. The van der Waals surface area contributed by atoms with E-state index in [9.17, 15) is 14.4 Å². The number of carbonyl (C=O) groups excluding carboxylic acids is 3. The van der Waals surface area contributed by atoms with Gasteiger partial charge >= 0.3 is 5.97 Å². The number of amides is 2. The molecular weight excluding hydrogens is 356 g/mol. The van der Waals surface area contributed by atoms with E-state index in [1.165, 1.54) is 7.11 Å². The van der Waals surface area contributed by atoms with Crippen LogP contribution >= 0.6 is 0 Å². The molecule has 2 rings (SSSR count). The molecule has 0 saturated heterocycles. The maximum absolute atomic E-state index is 12.2. The van der Waals surface area contributed by atoms with Crippen molar-refractivity contribution in [1.82, 2.24) is 10.6 Å². The fourth-order valence-electron chi connectivity index (χ4n) is 2.82. The van der Waals surface area contributed by atoms with Crippen LogP contribution in [0.1, 0.15) is 36.9 Å². The van der Waals surface area contributed by atoms with E-state index in [0.717, 1.165) is 11.1 Å². The zero-order valence-electron chi connectivity index (χ0n) is 16.2. The number of hydrogen-bond acceptors (Lipinski definition) is 4. The topological polar surface area (TPSA) is 84.5 Å². The van der Waals surface area contributed by atoms with Crippen molar-refractivity contribution in [2.45, 2.75) is 38.3 Å². The molecular formula is C22H26N2O4. The van der Waals surface area contributed by atoms with Crippen LogP contribution in [0, 0.1) is 0 Å². The van der Waals surface area contributed by atoms with Crippen molar-refractivity contribution in [3.8, 4) is 0 Å². The summed E-state index contributed by atoms with van der Waals surface area (Å²) >= 11 is 0. The van der Waals surface area contributed by atoms with Gasteiger partial charge in [0, 0.05) is 19.3 Å². The highest BCUT2D eigenvalue weighted by Crippen LogP contribution is 2.11. The third-order valence-electron chi connectivity index (χ3n) is 4.36. The van der Waals surface area contributed by atoms with Gasteiger partial charge in [-0.25, -0.2) is 4.79 Å². The molecule has 0 unspecified atom stereocenters. The number of benzene rings is 2. The molecule has 28 heavy (non-hydrogen) atoms. The van der Waals surface area contributed by atoms with Crippen LogP contribution in [0.2, 0.25) is 0 Å². The molecule has 2 aromatic rings. The largest absolute Gasteiger partial charge is 0.467 e. The molecule has 0 aliphatic carbocycles. The lowest BCUT2D eigenvalue weighted by Crippen LogP contribution is -2.43. The van der Waals surface area contributed by atoms with Gasteiger partial charge in [-0.2, -0.15) is 0 Å². The normalized spacial score (nSPS) is 12.5. The summed E-state index contributed by atoms with van der Waals surface area (Å²) in [6.45, 7) is 1.89. The number of ether oxygens (including phenoxy) is 1. The summed E-state index contributed by atoms with van der Waals surface area (Å²) in [4.78, 5) is 36.3. The van der Waals surface area contributed by atoms with Crippen LogP contribution < -0.4 is 10.6 Å². The Labute approximate surface area is 165 Å². The van der Waals surface area contributed by atoms with E-state index in [1.807, 2.05) is 67.6 Å².